The van der Waals surface area contributed by atoms with Crippen molar-refractivity contribution in [3.63, 3.8) is 0 Å². The predicted molar refractivity (Wildman–Crippen MR) is 101 cm³/mol. The number of hydrogen-bond donors (Lipinski definition) is 2. The van der Waals surface area contributed by atoms with Crippen molar-refractivity contribution >= 4 is 18.0 Å². The number of hydrogen-bond acceptors (Lipinski definition) is 6. The summed E-state index contributed by atoms with van der Waals surface area (Å²) in [5.41, 5.74) is 3.01. The molecule has 2 amide bonds. The number of hydrazone groups is 1. The minimum Gasteiger partial charge on any atom is -0.493 e. The maximum atomic E-state index is 11.9. The topological polar surface area (TPSA) is 98.2 Å². The second-order valence-electron chi connectivity index (χ2n) is 6.33. The maximum absolute atomic E-state index is 11.9. The van der Waals surface area contributed by atoms with Gasteiger partial charge in [0.15, 0.2) is 11.5 Å². The molecule has 0 radical (unpaired) electrons. The smallest absolute Gasteiger partial charge is 0.249 e. The Morgan fingerprint density at radius 2 is 1.67 bits per heavy atom. The predicted octanol–water partition coefficient (Wildman–Crippen LogP) is 2.00. The highest BCUT2D eigenvalue weighted by Crippen LogP contribution is 2.37. The van der Waals surface area contributed by atoms with Gasteiger partial charge in [0.2, 0.25) is 17.6 Å². The lowest BCUT2D eigenvalue weighted by atomic mass is 9.95. The molecule has 1 fully saturated rings. The first-order valence-corrected chi connectivity index (χ1v) is 8.98. The van der Waals surface area contributed by atoms with E-state index in [9.17, 15) is 9.59 Å². The Balaban J connectivity index is 1.88. The lowest BCUT2D eigenvalue weighted by molar-refractivity contribution is -0.129. The summed E-state index contributed by atoms with van der Waals surface area (Å²) >= 11 is 0. The number of ether oxygens (including phenoxy) is 3. The molecule has 148 valence electrons. The van der Waals surface area contributed by atoms with E-state index in [0.717, 1.165) is 25.7 Å². The van der Waals surface area contributed by atoms with Crippen LogP contribution in [0.4, 0.5) is 0 Å². The fraction of sp³-hybridized carbons (Fsp3) is 0.526. The molecule has 0 aromatic heterocycles. The number of nitrogens with zero attached hydrogens (tertiary/aromatic N) is 1. The van der Waals surface area contributed by atoms with E-state index >= 15 is 0 Å². The molecule has 8 nitrogen and oxygen atoms in total. The van der Waals surface area contributed by atoms with E-state index in [1.807, 2.05) is 0 Å². The van der Waals surface area contributed by atoms with Crippen molar-refractivity contribution in [1.82, 2.24) is 10.7 Å². The molecule has 1 aliphatic carbocycles. The van der Waals surface area contributed by atoms with Gasteiger partial charge >= 0.3 is 0 Å². The monoisotopic (exact) mass is 377 g/mol. The second kappa shape index (κ2) is 10.4. The number of amides is 2. The van der Waals surface area contributed by atoms with Crippen LogP contribution in [0.15, 0.2) is 17.2 Å². The Hall–Kier alpha value is -2.77. The Bertz CT molecular complexity index is 659. The van der Waals surface area contributed by atoms with Crippen LogP contribution in [0.25, 0.3) is 0 Å². The molecule has 8 heteroatoms. The molecule has 1 aromatic rings. The maximum Gasteiger partial charge on any atom is 0.249 e. The average molecular weight is 377 g/mol. The summed E-state index contributed by atoms with van der Waals surface area (Å²) in [5.74, 6) is 0.697. The highest BCUT2D eigenvalue weighted by molar-refractivity contribution is 5.97. The molecule has 0 bridgehead atoms. The minimum atomic E-state index is -0.466. The van der Waals surface area contributed by atoms with E-state index in [0.29, 0.717) is 22.8 Å². The van der Waals surface area contributed by atoms with Gasteiger partial charge in [-0.05, 0) is 25.0 Å². The van der Waals surface area contributed by atoms with Gasteiger partial charge in [-0.2, -0.15) is 5.10 Å². The standard InChI is InChI=1S/C19H27N3O5/c1-25-15-9-13(10-16(26-2)19(15)27-3)12-20-22-18(24)11-17(23)21-14-7-5-4-6-8-14/h9-10,12,14H,4-8,11H2,1-3H3,(H,21,23)(H,22,24)/b20-12-. The van der Waals surface area contributed by atoms with Gasteiger partial charge in [-0.15, -0.1) is 0 Å². The Labute approximate surface area is 159 Å². The Kier molecular flexibility index (Phi) is 7.91. The summed E-state index contributed by atoms with van der Waals surface area (Å²) in [7, 11) is 4.56. The summed E-state index contributed by atoms with van der Waals surface area (Å²) in [6.07, 6.45) is 6.61. The number of rotatable bonds is 8. The zero-order chi connectivity index (χ0) is 19.6. The third kappa shape index (κ3) is 6.16. The Morgan fingerprint density at radius 1 is 1.04 bits per heavy atom. The van der Waals surface area contributed by atoms with E-state index in [1.54, 1.807) is 12.1 Å². The van der Waals surface area contributed by atoms with Gasteiger partial charge in [0.1, 0.15) is 6.42 Å². The fourth-order valence-corrected chi connectivity index (χ4v) is 3.07. The van der Waals surface area contributed by atoms with Gasteiger partial charge in [0.25, 0.3) is 0 Å². The number of methoxy groups -OCH3 is 3. The largest absolute Gasteiger partial charge is 0.493 e. The molecular formula is C19H27N3O5. The molecule has 27 heavy (non-hydrogen) atoms. The van der Waals surface area contributed by atoms with Crippen LogP contribution in [0.1, 0.15) is 44.1 Å². The van der Waals surface area contributed by atoms with Crippen molar-refractivity contribution in [1.29, 1.82) is 0 Å². The summed E-state index contributed by atoms with van der Waals surface area (Å²) in [6, 6.07) is 3.58. The van der Waals surface area contributed by atoms with E-state index in [4.69, 9.17) is 14.2 Å². The van der Waals surface area contributed by atoms with Gasteiger partial charge in [-0.3, -0.25) is 9.59 Å². The molecule has 0 spiro atoms. The zero-order valence-corrected chi connectivity index (χ0v) is 16.0. The van der Waals surface area contributed by atoms with E-state index < -0.39 is 5.91 Å². The molecule has 1 saturated carbocycles. The molecule has 1 aromatic carbocycles. The molecular weight excluding hydrogens is 350 g/mol. The normalized spacial score (nSPS) is 14.6. The van der Waals surface area contributed by atoms with E-state index in [1.165, 1.54) is 34.0 Å². The first-order valence-electron chi connectivity index (χ1n) is 8.98. The van der Waals surface area contributed by atoms with E-state index in [2.05, 4.69) is 15.8 Å². The SMILES string of the molecule is COc1cc(/C=N\NC(=O)CC(=O)NC2CCCCC2)cc(OC)c1OC. The quantitative estimate of drug-likeness (QED) is 0.410. The molecule has 0 aliphatic heterocycles. The number of carbonyl (C=O) groups excluding carboxylic acids is 2. The first-order chi connectivity index (χ1) is 13.1. The lowest BCUT2D eigenvalue weighted by Gasteiger charge is -2.22. The second-order valence-corrected chi connectivity index (χ2v) is 6.33. The van der Waals surface area contributed by atoms with Crippen molar-refractivity contribution < 1.29 is 23.8 Å². The van der Waals surface area contributed by atoms with Crippen LogP contribution in [-0.4, -0.2) is 45.4 Å². The number of carbonyl (C=O) groups is 2. The van der Waals surface area contributed by atoms with E-state index in [-0.39, 0.29) is 18.4 Å². The van der Waals surface area contributed by atoms with Crippen LogP contribution in [-0.2, 0) is 9.59 Å². The summed E-state index contributed by atoms with van der Waals surface area (Å²) in [6.45, 7) is 0. The molecule has 0 heterocycles. The third-order valence-corrected chi connectivity index (χ3v) is 4.38. The highest BCUT2D eigenvalue weighted by Gasteiger charge is 2.17. The number of benzene rings is 1. The van der Waals surface area contributed by atoms with Crippen molar-refractivity contribution in [2.45, 2.75) is 44.6 Å². The molecule has 1 aliphatic rings. The Morgan fingerprint density at radius 3 is 2.22 bits per heavy atom. The van der Waals surface area contributed by atoms with Crippen LogP contribution in [0.3, 0.4) is 0 Å². The van der Waals surface area contributed by atoms with Crippen LogP contribution in [0, 0.1) is 0 Å². The third-order valence-electron chi connectivity index (χ3n) is 4.38. The first kappa shape index (κ1) is 20.5. The van der Waals surface area contributed by atoms with Gasteiger partial charge < -0.3 is 19.5 Å². The molecule has 0 unspecified atom stereocenters. The molecule has 2 rings (SSSR count). The van der Waals surface area contributed by atoms with Gasteiger partial charge in [-0.1, -0.05) is 19.3 Å². The minimum absolute atomic E-state index is 0.182. The molecule has 2 N–H and O–H groups in total. The summed E-state index contributed by atoms with van der Waals surface area (Å²) in [4.78, 5) is 23.8. The molecule has 0 saturated heterocycles. The van der Waals surface area contributed by atoms with Crippen molar-refractivity contribution in [3.05, 3.63) is 17.7 Å². The van der Waals surface area contributed by atoms with Crippen molar-refractivity contribution in [2.75, 3.05) is 21.3 Å². The van der Waals surface area contributed by atoms with Gasteiger partial charge in [0, 0.05) is 11.6 Å². The lowest BCUT2D eigenvalue weighted by Crippen LogP contribution is -2.38. The van der Waals surface area contributed by atoms with Gasteiger partial charge in [0.05, 0.1) is 27.5 Å². The van der Waals surface area contributed by atoms with Crippen LogP contribution in [0.5, 0.6) is 17.2 Å². The van der Waals surface area contributed by atoms with Crippen molar-refractivity contribution in [2.24, 2.45) is 5.10 Å². The summed E-state index contributed by atoms with van der Waals surface area (Å²) < 4.78 is 15.8. The highest BCUT2D eigenvalue weighted by atomic mass is 16.5. The van der Waals surface area contributed by atoms with Crippen molar-refractivity contribution in [3.8, 4) is 17.2 Å². The number of nitrogens with one attached hydrogen (secondary N) is 2. The molecule has 0 atom stereocenters. The summed E-state index contributed by atoms with van der Waals surface area (Å²) in [5, 5.41) is 6.79. The van der Waals surface area contributed by atoms with Crippen LogP contribution < -0.4 is 25.0 Å². The van der Waals surface area contributed by atoms with Gasteiger partial charge in [-0.25, -0.2) is 5.43 Å². The van der Waals surface area contributed by atoms with Crippen LogP contribution in [0.2, 0.25) is 0 Å². The zero-order valence-electron chi connectivity index (χ0n) is 16.0. The van der Waals surface area contributed by atoms with Crippen LogP contribution >= 0.6 is 0 Å². The average Bonchev–Trinajstić information content (AvgIpc) is 2.67. The fourth-order valence-electron chi connectivity index (χ4n) is 3.07.